The molecular weight excluding hydrogens is 448 g/mol. The van der Waals surface area contributed by atoms with Gasteiger partial charge >= 0.3 is 0 Å². The van der Waals surface area contributed by atoms with Crippen molar-refractivity contribution < 1.29 is 0 Å². The summed E-state index contributed by atoms with van der Waals surface area (Å²) in [5.74, 6) is 1.26. The molecule has 0 spiro atoms. The minimum Gasteiger partial charge on any atom is -0.371 e. The third kappa shape index (κ3) is 4.19. The third-order valence-electron chi connectivity index (χ3n) is 7.03. The highest BCUT2D eigenvalue weighted by atomic mass is 15.4. The minimum atomic E-state index is 0.266. The van der Waals surface area contributed by atoms with E-state index in [0.29, 0.717) is 11.8 Å². The van der Waals surface area contributed by atoms with Gasteiger partial charge in [-0.2, -0.15) is 9.67 Å². The van der Waals surface area contributed by atoms with Crippen molar-refractivity contribution >= 4 is 23.3 Å². The summed E-state index contributed by atoms with van der Waals surface area (Å²) in [7, 11) is 0. The SMILES string of the molecule is C/C=C(\c1ccc(Nc2nc(N)n(-c3cc4c(nn3)-c3ccccc3CCC4)n2)cc1)N1CCCC1. The molecule has 0 bridgehead atoms. The molecule has 2 aliphatic rings. The number of nitrogens with one attached hydrogen (secondary N) is 1. The molecule has 182 valence electrons. The molecule has 0 atom stereocenters. The lowest BCUT2D eigenvalue weighted by Crippen LogP contribution is -2.17. The zero-order valence-electron chi connectivity index (χ0n) is 20.5. The molecule has 1 aliphatic heterocycles. The summed E-state index contributed by atoms with van der Waals surface area (Å²) in [6.07, 6.45) is 7.75. The average Bonchev–Trinajstić information content (AvgIpc) is 3.51. The van der Waals surface area contributed by atoms with Crippen molar-refractivity contribution in [3.8, 4) is 17.1 Å². The van der Waals surface area contributed by atoms with Crippen molar-refractivity contribution in [3.63, 3.8) is 0 Å². The first kappa shape index (κ1) is 22.3. The van der Waals surface area contributed by atoms with E-state index in [-0.39, 0.29) is 5.95 Å². The van der Waals surface area contributed by atoms with Crippen LogP contribution in [0.2, 0.25) is 0 Å². The highest BCUT2D eigenvalue weighted by molar-refractivity contribution is 5.69. The van der Waals surface area contributed by atoms with Gasteiger partial charge in [-0.15, -0.1) is 15.3 Å². The van der Waals surface area contributed by atoms with Crippen LogP contribution >= 0.6 is 0 Å². The molecule has 0 unspecified atom stereocenters. The summed E-state index contributed by atoms with van der Waals surface area (Å²) in [4.78, 5) is 6.87. The van der Waals surface area contributed by atoms with E-state index in [9.17, 15) is 0 Å². The largest absolute Gasteiger partial charge is 0.371 e. The number of hydrogen-bond donors (Lipinski definition) is 2. The summed E-state index contributed by atoms with van der Waals surface area (Å²) >= 11 is 0. The number of anilines is 3. The molecule has 4 aromatic rings. The van der Waals surface area contributed by atoms with E-state index in [4.69, 9.17) is 5.73 Å². The maximum atomic E-state index is 6.23. The third-order valence-corrected chi connectivity index (χ3v) is 7.03. The van der Waals surface area contributed by atoms with Crippen LogP contribution in [0.4, 0.5) is 17.6 Å². The van der Waals surface area contributed by atoms with E-state index in [0.717, 1.165) is 54.9 Å². The smallest absolute Gasteiger partial charge is 0.248 e. The molecule has 8 nitrogen and oxygen atoms in total. The van der Waals surface area contributed by atoms with Crippen molar-refractivity contribution in [3.05, 3.63) is 77.4 Å². The van der Waals surface area contributed by atoms with Crippen molar-refractivity contribution in [1.29, 1.82) is 0 Å². The molecule has 0 saturated carbocycles. The van der Waals surface area contributed by atoms with Gasteiger partial charge in [0.05, 0.1) is 5.69 Å². The van der Waals surface area contributed by atoms with Gasteiger partial charge in [-0.3, -0.25) is 0 Å². The highest BCUT2D eigenvalue weighted by Crippen LogP contribution is 2.31. The molecule has 2 aromatic heterocycles. The van der Waals surface area contributed by atoms with Crippen LogP contribution in [0, 0.1) is 0 Å². The standard InChI is InChI=1S/C28H30N8/c1-2-24(35-16-5-6-17-35)20-12-14-22(15-13-20)30-28-31-27(29)36(34-28)25-18-21-10-7-9-19-8-3-4-11-23(19)26(21)33-32-25/h2-4,8,11-15,18H,5-7,9-10,16-17H2,1H3,(H3,29,30,31,34)/b24-2+. The fraction of sp³-hybridized carbons (Fsp3) is 0.286. The van der Waals surface area contributed by atoms with Crippen LogP contribution in [0.5, 0.6) is 0 Å². The molecule has 3 heterocycles. The van der Waals surface area contributed by atoms with E-state index in [1.165, 1.54) is 29.7 Å². The van der Waals surface area contributed by atoms with Crippen LogP contribution in [0.3, 0.4) is 0 Å². The summed E-state index contributed by atoms with van der Waals surface area (Å²) in [6, 6.07) is 18.8. The Kier molecular flexibility index (Phi) is 5.85. The van der Waals surface area contributed by atoms with Gasteiger partial charge < -0.3 is 16.0 Å². The Balaban J connectivity index is 1.23. The summed E-state index contributed by atoms with van der Waals surface area (Å²) in [5, 5.41) is 16.9. The quantitative estimate of drug-likeness (QED) is 0.417. The molecule has 6 rings (SSSR count). The van der Waals surface area contributed by atoms with Gasteiger partial charge in [0.15, 0.2) is 5.82 Å². The van der Waals surface area contributed by atoms with Crippen LogP contribution in [0.15, 0.2) is 60.7 Å². The van der Waals surface area contributed by atoms with Crippen LogP contribution in [0.25, 0.3) is 22.8 Å². The normalized spacial score (nSPS) is 15.4. The lowest BCUT2D eigenvalue weighted by atomic mass is 10.0. The topological polar surface area (TPSA) is 97.8 Å². The number of aryl methyl sites for hydroxylation is 2. The monoisotopic (exact) mass is 478 g/mol. The van der Waals surface area contributed by atoms with Gasteiger partial charge in [0, 0.05) is 30.0 Å². The molecule has 8 heteroatoms. The first-order valence-electron chi connectivity index (χ1n) is 12.7. The Labute approximate surface area is 210 Å². The number of aromatic nitrogens is 5. The molecule has 0 radical (unpaired) electrons. The molecular formula is C28H30N8. The zero-order valence-corrected chi connectivity index (χ0v) is 20.5. The Morgan fingerprint density at radius 3 is 2.53 bits per heavy atom. The Hall–Kier alpha value is -4.20. The van der Waals surface area contributed by atoms with Gasteiger partial charge in [0.1, 0.15) is 0 Å². The molecule has 36 heavy (non-hydrogen) atoms. The Morgan fingerprint density at radius 2 is 1.72 bits per heavy atom. The predicted molar refractivity (Wildman–Crippen MR) is 143 cm³/mol. The van der Waals surface area contributed by atoms with E-state index in [2.05, 4.69) is 79.9 Å². The van der Waals surface area contributed by atoms with E-state index >= 15 is 0 Å². The fourth-order valence-electron chi connectivity index (χ4n) is 5.27. The summed E-state index contributed by atoms with van der Waals surface area (Å²) in [6.45, 7) is 4.35. The van der Waals surface area contributed by atoms with E-state index < -0.39 is 0 Å². The van der Waals surface area contributed by atoms with Crippen LogP contribution < -0.4 is 11.1 Å². The van der Waals surface area contributed by atoms with Crippen molar-refractivity contribution in [1.82, 2.24) is 29.9 Å². The molecule has 1 aliphatic carbocycles. The maximum Gasteiger partial charge on any atom is 0.248 e. The Bertz CT molecular complexity index is 1410. The highest BCUT2D eigenvalue weighted by Gasteiger charge is 2.19. The predicted octanol–water partition coefficient (Wildman–Crippen LogP) is 5.00. The maximum absolute atomic E-state index is 6.23. The van der Waals surface area contributed by atoms with E-state index in [1.807, 2.05) is 18.2 Å². The number of nitrogen functional groups attached to an aromatic ring is 1. The number of hydrogen-bond acceptors (Lipinski definition) is 7. The second-order valence-corrected chi connectivity index (χ2v) is 9.36. The van der Waals surface area contributed by atoms with Crippen LogP contribution in [-0.4, -0.2) is 43.0 Å². The lowest BCUT2D eigenvalue weighted by molar-refractivity contribution is 0.492. The first-order chi connectivity index (χ1) is 17.7. The molecule has 2 aromatic carbocycles. The van der Waals surface area contributed by atoms with Crippen molar-refractivity contribution in [2.75, 3.05) is 24.1 Å². The van der Waals surface area contributed by atoms with Gasteiger partial charge in [0.25, 0.3) is 0 Å². The Morgan fingerprint density at radius 1 is 0.944 bits per heavy atom. The molecule has 1 fully saturated rings. The summed E-state index contributed by atoms with van der Waals surface area (Å²) < 4.78 is 1.55. The van der Waals surface area contributed by atoms with Crippen LogP contribution in [-0.2, 0) is 12.8 Å². The number of nitrogens with two attached hydrogens (primary N) is 1. The fourth-order valence-corrected chi connectivity index (χ4v) is 5.27. The van der Waals surface area contributed by atoms with Crippen molar-refractivity contribution in [2.24, 2.45) is 0 Å². The molecule has 3 N–H and O–H groups in total. The van der Waals surface area contributed by atoms with Gasteiger partial charge in [-0.1, -0.05) is 42.5 Å². The summed E-state index contributed by atoms with van der Waals surface area (Å²) in [5.41, 5.74) is 14.2. The number of likely N-dealkylation sites (tertiary alicyclic amines) is 1. The van der Waals surface area contributed by atoms with Crippen molar-refractivity contribution in [2.45, 2.75) is 39.0 Å². The molecule has 1 saturated heterocycles. The number of rotatable bonds is 5. The minimum absolute atomic E-state index is 0.266. The zero-order chi connectivity index (χ0) is 24.5. The van der Waals surface area contributed by atoms with Gasteiger partial charge in [0.2, 0.25) is 11.9 Å². The second-order valence-electron chi connectivity index (χ2n) is 9.36. The first-order valence-corrected chi connectivity index (χ1v) is 12.7. The van der Waals surface area contributed by atoms with Gasteiger partial charge in [-0.05, 0) is 73.9 Å². The number of nitrogens with zero attached hydrogens (tertiary/aromatic N) is 6. The van der Waals surface area contributed by atoms with Gasteiger partial charge in [-0.25, -0.2) is 0 Å². The van der Waals surface area contributed by atoms with Crippen LogP contribution in [0.1, 0.15) is 42.9 Å². The van der Waals surface area contributed by atoms with E-state index in [1.54, 1.807) is 4.68 Å². The second kappa shape index (κ2) is 9.45. The lowest BCUT2D eigenvalue weighted by Gasteiger charge is -2.21. The average molecular weight is 479 g/mol. The number of fused-ring (bicyclic) bond motifs is 3. The number of benzene rings is 2. The number of allylic oxidation sites excluding steroid dienone is 1. The molecule has 0 amide bonds.